The Labute approximate surface area is 182 Å². The largest absolute Gasteiger partial charge is 0.384 e. The number of benzene rings is 2. The molecule has 0 atom stereocenters. The summed E-state index contributed by atoms with van der Waals surface area (Å²) in [6.07, 6.45) is 8.85. The molecule has 3 rings (SSSR count). The van der Waals surface area contributed by atoms with Gasteiger partial charge in [0.25, 0.3) is 0 Å². The first-order valence-electron chi connectivity index (χ1n) is 9.71. The third-order valence-corrected chi connectivity index (χ3v) is 4.89. The predicted molar refractivity (Wildman–Crippen MR) is 123 cm³/mol. The molecule has 0 saturated heterocycles. The van der Waals surface area contributed by atoms with Crippen LogP contribution in [0.15, 0.2) is 83.4 Å². The molecule has 2 aromatic rings. The summed E-state index contributed by atoms with van der Waals surface area (Å²) in [6, 6.07) is 20.2. The highest BCUT2D eigenvalue weighted by atomic mass is 35.5. The number of nitriles is 2. The summed E-state index contributed by atoms with van der Waals surface area (Å²) in [4.78, 5) is 4.42. The van der Waals surface area contributed by atoms with Crippen molar-refractivity contribution < 1.29 is 0 Å². The van der Waals surface area contributed by atoms with Crippen molar-refractivity contribution in [3.63, 3.8) is 0 Å². The van der Waals surface area contributed by atoms with Gasteiger partial charge in [0, 0.05) is 22.8 Å². The van der Waals surface area contributed by atoms with Crippen LogP contribution in [0.5, 0.6) is 0 Å². The summed E-state index contributed by atoms with van der Waals surface area (Å²) >= 11 is 6.54. The number of allylic oxidation sites excluding steroid dienone is 5. The maximum absolute atomic E-state index is 8.69. The average molecular weight is 413 g/mol. The van der Waals surface area contributed by atoms with Crippen molar-refractivity contribution >= 4 is 28.6 Å². The minimum Gasteiger partial charge on any atom is -0.384 e. The van der Waals surface area contributed by atoms with Gasteiger partial charge >= 0.3 is 0 Å². The monoisotopic (exact) mass is 412 g/mol. The Morgan fingerprint density at radius 3 is 2.27 bits per heavy atom. The van der Waals surface area contributed by atoms with Crippen LogP contribution in [0.4, 0.5) is 5.69 Å². The molecule has 0 fully saturated rings. The minimum absolute atomic E-state index is 0.410. The molecule has 0 aromatic heterocycles. The van der Waals surface area contributed by atoms with Gasteiger partial charge in [-0.2, -0.15) is 10.5 Å². The van der Waals surface area contributed by atoms with Crippen LogP contribution in [0, 0.1) is 22.7 Å². The van der Waals surface area contributed by atoms with Crippen molar-refractivity contribution in [2.45, 2.75) is 12.8 Å². The van der Waals surface area contributed by atoms with Gasteiger partial charge < -0.3 is 5.32 Å². The second-order valence-electron chi connectivity index (χ2n) is 6.60. The van der Waals surface area contributed by atoms with Crippen LogP contribution >= 0.6 is 11.6 Å². The second kappa shape index (κ2) is 10.8. The summed E-state index contributed by atoms with van der Waals surface area (Å²) in [5, 5.41) is 21.3. The fourth-order valence-electron chi connectivity index (χ4n) is 3.13. The fourth-order valence-corrected chi connectivity index (χ4v) is 3.36. The lowest BCUT2D eigenvalue weighted by Gasteiger charge is -2.16. The van der Waals surface area contributed by atoms with Crippen molar-refractivity contribution in [3.05, 3.63) is 94.6 Å². The molecular weight excluding hydrogens is 392 g/mol. The third-order valence-electron chi connectivity index (χ3n) is 4.56. The van der Waals surface area contributed by atoms with Crippen molar-refractivity contribution in [3.8, 4) is 12.1 Å². The summed E-state index contributed by atoms with van der Waals surface area (Å²) in [7, 11) is 0. The zero-order chi connectivity index (χ0) is 21.2. The first kappa shape index (κ1) is 21.1. The molecule has 30 heavy (non-hydrogen) atoms. The number of rotatable bonds is 7. The second-order valence-corrected chi connectivity index (χ2v) is 7.01. The lowest BCUT2D eigenvalue weighted by Crippen LogP contribution is -2.01. The number of anilines is 1. The van der Waals surface area contributed by atoms with Gasteiger partial charge in [0.1, 0.15) is 0 Å². The Kier molecular flexibility index (Phi) is 7.61. The maximum Gasteiger partial charge on any atom is 0.0641 e. The molecule has 0 spiro atoms. The number of hydrogen-bond acceptors (Lipinski definition) is 4. The van der Waals surface area contributed by atoms with Gasteiger partial charge in [0.05, 0.1) is 37.2 Å². The van der Waals surface area contributed by atoms with Crippen LogP contribution < -0.4 is 5.32 Å². The number of hydrogen-bond donors (Lipinski definition) is 1. The van der Waals surface area contributed by atoms with E-state index >= 15 is 0 Å². The number of halogens is 1. The van der Waals surface area contributed by atoms with Crippen LogP contribution in [-0.4, -0.2) is 18.8 Å². The van der Waals surface area contributed by atoms with E-state index in [1.165, 1.54) is 0 Å². The van der Waals surface area contributed by atoms with Gasteiger partial charge in [-0.3, -0.25) is 4.99 Å². The first-order chi connectivity index (χ1) is 14.7. The number of aliphatic imine (C=N–C) groups is 1. The summed E-state index contributed by atoms with van der Waals surface area (Å²) in [5.74, 6) is 0. The van der Waals surface area contributed by atoms with E-state index in [0.29, 0.717) is 31.0 Å². The summed E-state index contributed by atoms with van der Waals surface area (Å²) < 4.78 is 0. The molecule has 1 N–H and O–H groups in total. The SMILES string of the molecule is N#CCCN=C1C=CC(=C(c2ccc(NCCC#N)cc2)c2ccccc2Cl)C=C1. The average Bonchev–Trinajstić information content (AvgIpc) is 2.78. The summed E-state index contributed by atoms with van der Waals surface area (Å²) in [5.41, 5.74) is 5.89. The molecular formula is C25H21ClN4. The molecule has 1 aliphatic carbocycles. The lowest BCUT2D eigenvalue weighted by atomic mass is 9.90. The van der Waals surface area contributed by atoms with Gasteiger partial charge in [-0.1, -0.05) is 54.1 Å². The van der Waals surface area contributed by atoms with E-state index in [0.717, 1.165) is 33.7 Å². The highest BCUT2D eigenvalue weighted by molar-refractivity contribution is 6.32. The molecule has 5 heteroatoms. The molecule has 2 aromatic carbocycles. The van der Waals surface area contributed by atoms with Crippen molar-refractivity contribution in [1.82, 2.24) is 0 Å². The Bertz CT molecular complexity index is 1080. The van der Waals surface area contributed by atoms with E-state index in [4.69, 9.17) is 22.1 Å². The lowest BCUT2D eigenvalue weighted by molar-refractivity contribution is 1.02. The van der Waals surface area contributed by atoms with E-state index < -0.39 is 0 Å². The zero-order valence-corrected chi connectivity index (χ0v) is 17.2. The van der Waals surface area contributed by atoms with Gasteiger partial charge in [-0.25, -0.2) is 0 Å². The highest BCUT2D eigenvalue weighted by Gasteiger charge is 2.14. The quantitative estimate of drug-likeness (QED) is 0.571. The molecule has 0 bridgehead atoms. The zero-order valence-electron chi connectivity index (χ0n) is 16.5. The highest BCUT2D eigenvalue weighted by Crippen LogP contribution is 2.34. The van der Waals surface area contributed by atoms with Gasteiger partial charge in [-0.05, 0) is 47.1 Å². The molecule has 0 radical (unpaired) electrons. The molecule has 0 amide bonds. The van der Waals surface area contributed by atoms with Gasteiger partial charge in [-0.15, -0.1) is 0 Å². The van der Waals surface area contributed by atoms with Gasteiger partial charge in [0.2, 0.25) is 0 Å². The van der Waals surface area contributed by atoms with Crippen LogP contribution in [0.25, 0.3) is 5.57 Å². The maximum atomic E-state index is 8.69. The van der Waals surface area contributed by atoms with Crippen LogP contribution in [-0.2, 0) is 0 Å². The molecule has 0 heterocycles. The summed E-state index contributed by atoms with van der Waals surface area (Å²) in [6.45, 7) is 1.12. The van der Waals surface area contributed by atoms with E-state index in [9.17, 15) is 0 Å². The van der Waals surface area contributed by atoms with E-state index in [-0.39, 0.29) is 0 Å². The number of nitrogens with one attached hydrogen (secondary N) is 1. The topological polar surface area (TPSA) is 72.0 Å². The van der Waals surface area contributed by atoms with Crippen molar-refractivity contribution in [2.75, 3.05) is 18.4 Å². The van der Waals surface area contributed by atoms with E-state index in [2.05, 4.69) is 34.6 Å². The van der Waals surface area contributed by atoms with E-state index in [1.807, 2.05) is 60.7 Å². The number of nitrogens with zero attached hydrogens (tertiary/aromatic N) is 3. The minimum atomic E-state index is 0.410. The molecule has 4 nitrogen and oxygen atoms in total. The Morgan fingerprint density at radius 2 is 1.60 bits per heavy atom. The Hall–Kier alpha value is -3.60. The van der Waals surface area contributed by atoms with Crippen molar-refractivity contribution in [2.24, 2.45) is 4.99 Å². The Morgan fingerprint density at radius 1 is 0.900 bits per heavy atom. The van der Waals surface area contributed by atoms with Gasteiger partial charge in [0.15, 0.2) is 0 Å². The molecule has 0 aliphatic heterocycles. The standard InChI is InChI=1S/C25H21ClN4/c26-24-6-2-1-5-23(24)25(19-7-11-21(12-8-19)29-17-3-15-27)20-9-13-22(14-10-20)30-18-4-16-28/h1-2,5-14,29H,3-4,17-18H2. The smallest absolute Gasteiger partial charge is 0.0641 e. The Balaban J connectivity index is 1.97. The fraction of sp³-hybridized carbons (Fsp3) is 0.160. The molecule has 0 unspecified atom stereocenters. The van der Waals surface area contributed by atoms with Crippen LogP contribution in [0.3, 0.4) is 0 Å². The van der Waals surface area contributed by atoms with E-state index in [1.54, 1.807) is 0 Å². The molecule has 0 saturated carbocycles. The van der Waals surface area contributed by atoms with Crippen LogP contribution in [0.1, 0.15) is 24.0 Å². The van der Waals surface area contributed by atoms with Crippen molar-refractivity contribution in [1.29, 1.82) is 10.5 Å². The predicted octanol–water partition coefficient (Wildman–Crippen LogP) is 5.95. The molecule has 148 valence electrons. The first-order valence-corrected chi connectivity index (χ1v) is 10.1. The van der Waals surface area contributed by atoms with Crippen LogP contribution in [0.2, 0.25) is 5.02 Å². The normalized spacial score (nSPS) is 12.2. The molecule has 1 aliphatic rings. The third kappa shape index (κ3) is 5.47.